The van der Waals surface area contributed by atoms with Crippen molar-refractivity contribution >= 4 is 17.6 Å². The second-order valence-electron chi connectivity index (χ2n) is 6.72. The zero-order valence-corrected chi connectivity index (χ0v) is 15.9. The van der Waals surface area contributed by atoms with E-state index in [1.54, 1.807) is 0 Å². The number of oxime groups is 1. The first-order chi connectivity index (χ1) is 13.6. The first kappa shape index (κ1) is 19.6. The summed E-state index contributed by atoms with van der Waals surface area (Å²) in [6, 6.07) is 17.7. The van der Waals surface area contributed by atoms with Crippen LogP contribution in [0.3, 0.4) is 0 Å². The van der Waals surface area contributed by atoms with Gasteiger partial charge >= 0.3 is 5.97 Å². The lowest BCUT2D eigenvalue weighted by Gasteiger charge is -2.08. The minimum atomic E-state index is -0.507. The van der Waals surface area contributed by atoms with Gasteiger partial charge in [0.25, 0.3) is 0 Å². The number of nitrogens with zero attached hydrogens (tertiary/aromatic N) is 1. The van der Waals surface area contributed by atoms with Gasteiger partial charge in [-0.15, -0.1) is 0 Å². The van der Waals surface area contributed by atoms with Crippen LogP contribution >= 0.6 is 0 Å². The molecule has 1 unspecified atom stereocenters. The number of esters is 1. The van der Waals surface area contributed by atoms with Crippen LogP contribution < -0.4 is 5.32 Å². The maximum atomic E-state index is 12.1. The highest BCUT2D eigenvalue weighted by Crippen LogP contribution is 2.27. The van der Waals surface area contributed by atoms with Gasteiger partial charge in [-0.05, 0) is 24.5 Å². The minimum absolute atomic E-state index is 0.0673. The summed E-state index contributed by atoms with van der Waals surface area (Å²) in [5.74, 6) is -0.574. The van der Waals surface area contributed by atoms with Crippen LogP contribution in [-0.4, -0.2) is 30.7 Å². The van der Waals surface area contributed by atoms with E-state index in [9.17, 15) is 9.59 Å². The second kappa shape index (κ2) is 9.69. The van der Waals surface area contributed by atoms with Gasteiger partial charge in [-0.3, -0.25) is 4.79 Å². The summed E-state index contributed by atoms with van der Waals surface area (Å²) in [6.07, 6.45) is 1.20. The number of carbonyl (C=O) groups excluding carboxylic acids is 2. The molecule has 0 radical (unpaired) electrons. The van der Waals surface area contributed by atoms with Gasteiger partial charge in [-0.1, -0.05) is 65.3 Å². The maximum absolute atomic E-state index is 12.1. The average molecular weight is 380 g/mol. The molecular formula is C22H24N2O4. The molecule has 1 atom stereocenters. The van der Waals surface area contributed by atoms with Crippen molar-refractivity contribution in [1.82, 2.24) is 5.32 Å². The van der Waals surface area contributed by atoms with Gasteiger partial charge in [-0.2, -0.15) is 0 Å². The summed E-state index contributed by atoms with van der Waals surface area (Å²) in [6.45, 7) is 2.40. The molecule has 1 aliphatic rings. The first-order valence-electron chi connectivity index (χ1n) is 9.39. The summed E-state index contributed by atoms with van der Waals surface area (Å²) in [7, 11) is 0. The third-order valence-corrected chi connectivity index (χ3v) is 4.49. The van der Waals surface area contributed by atoms with E-state index in [0.29, 0.717) is 19.3 Å². The van der Waals surface area contributed by atoms with Crippen molar-refractivity contribution in [3.05, 3.63) is 71.3 Å². The Labute approximate surface area is 164 Å². The lowest BCUT2D eigenvalue weighted by Crippen LogP contribution is -2.29. The first-order valence-corrected chi connectivity index (χ1v) is 9.39. The molecule has 3 rings (SSSR count). The standard InChI is InChI=1S/C22H24N2O4/c1-16-7-9-17(10-8-16)11-12-21(25)23-13-14-27-22(26)19-15-20(28-24-19)18-5-3-2-4-6-18/h2-10,20H,11-15H2,1H3,(H,23,25). The number of ether oxygens (including phenoxy) is 1. The molecule has 1 amide bonds. The van der Waals surface area contributed by atoms with E-state index in [1.807, 2.05) is 61.5 Å². The monoisotopic (exact) mass is 380 g/mol. The Hall–Kier alpha value is -3.15. The van der Waals surface area contributed by atoms with Crippen molar-refractivity contribution in [2.75, 3.05) is 13.2 Å². The molecule has 146 valence electrons. The smallest absolute Gasteiger partial charge is 0.356 e. The molecule has 1 aliphatic heterocycles. The van der Waals surface area contributed by atoms with Gasteiger partial charge in [0.05, 0.1) is 6.54 Å². The number of aryl methyl sites for hydroxylation is 2. The third-order valence-electron chi connectivity index (χ3n) is 4.49. The van der Waals surface area contributed by atoms with E-state index in [-0.39, 0.29) is 30.9 Å². The summed E-state index contributed by atoms with van der Waals surface area (Å²) >= 11 is 0. The molecule has 1 heterocycles. The fourth-order valence-corrected chi connectivity index (χ4v) is 2.86. The summed E-state index contributed by atoms with van der Waals surface area (Å²) in [4.78, 5) is 29.3. The Morgan fingerprint density at radius 3 is 2.64 bits per heavy atom. The van der Waals surface area contributed by atoms with Gasteiger partial charge in [0.15, 0.2) is 11.8 Å². The zero-order valence-electron chi connectivity index (χ0n) is 15.9. The SMILES string of the molecule is Cc1ccc(CCC(=O)NCCOC(=O)C2=NOC(c3ccccc3)C2)cc1. The van der Waals surface area contributed by atoms with Crippen molar-refractivity contribution in [2.24, 2.45) is 5.16 Å². The van der Waals surface area contributed by atoms with Gasteiger partial charge in [0.2, 0.25) is 5.91 Å². The number of carbonyl (C=O) groups is 2. The molecule has 6 nitrogen and oxygen atoms in total. The molecule has 0 spiro atoms. The zero-order chi connectivity index (χ0) is 19.8. The van der Waals surface area contributed by atoms with Crippen LogP contribution in [0.2, 0.25) is 0 Å². The number of benzene rings is 2. The predicted octanol–water partition coefficient (Wildman–Crippen LogP) is 3.10. The van der Waals surface area contributed by atoms with Crippen molar-refractivity contribution < 1.29 is 19.2 Å². The Morgan fingerprint density at radius 1 is 1.14 bits per heavy atom. The highest BCUT2D eigenvalue weighted by molar-refractivity contribution is 6.36. The third kappa shape index (κ3) is 5.67. The molecule has 0 fully saturated rings. The van der Waals surface area contributed by atoms with Crippen LogP contribution in [0.15, 0.2) is 59.8 Å². The molecule has 1 N–H and O–H groups in total. The van der Waals surface area contributed by atoms with Crippen LogP contribution in [0.4, 0.5) is 0 Å². The van der Waals surface area contributed by atoms with Crippen molar-refractivity contribution in [3.8, 4) is 0 Å². The molecule has 0 aromatic heterocycles. The van der Waals surface area contributed by atoms with Crippen molar-refractivity contribution in [1.29, 1.82) is 0 Å². The normalized spacial score (nSPS) is 15.5. The number of hydrogen-bond acceptors (Lipinski definition) is 5. The molecule has 0 saturated carbocycles. The molecule has 0 bridgehead atoms. The highest BCUT2D eigenvalue weighted by atomic mass is 16.6. The lowest BCUT2D eigenvalue weighted by molar-refractivity contribution is -0.136. The predicted molar refractivity (Wildman–Crippen MR) is 106 cm³/mol. The van der Waals surface area contributed by atoms with E-state index in [2.05, 4.69) is 10.5 Å². The quantitative estimate of drug-likeness (QED) is 0.564. The molecule has 0 saturated heterocycles. The van der Waals surface area contributed by atoms with Crippen LogP contribution in [0.25, 0.3) is 0 Å². The summed E-state index contributed by atoms with van der Waals surface area (Å²) in [5.41, 5.74) is 3.55. The second-order valence-corrected chi connectivity index (χ2v) is 6.72. The summed E-state index contributed by atoms with van der Waals surface area (Å²) in [5, 5.41) is 6.59. The topological polar surface area (TPSA) is 77.0 Å². The maximum Gasteiger partial charge on any atom is 0.356 e. The average Bonchev–Trinajstić information content (AvgIpc) is 3.22. The molecule has 6 heteroatoms. The largest absolute Gasteiger partial charge is 0.459 e. The molecule has 28 heavy (non-hydrogen) atoms. The molecule has 2 aromatic rings. The number of rotatable bonds is 8. The van der Waals surface area contributed by atoms with Gasteiger partial charge in [0, 0.05) is 12.8 Å². The Kier molecular flexibility index (Phi) is 6.78. The molecule has 2 aromatic carbocycles. The van der Waals surface area contributed by atoms with Gasteiger partial charge in [-0.25, -0.2) is 4.79 Å². The van der Waals surface area contributed by atoms with E-state index >= 15 is 0 Å². The van der Waals surface area contributed by atoms with Crippen LogP contribution in [0.1, 0.15) is 35.6 Å². The highest BCUT2D eigenvalue weighted by Gasteiger charge is 2.28. The number of amides is 1. The fraction of sp³-hybridized carbons (Fsp3) is 0.318. The number of hydrogen-bond donors (Lipinski definition) is 1. The van der Waals surface area contributed by atoms with Crippen LogP contribution in [0, 0.1) is 6.92 Å². The summed E-state index contributed by atoms with van der Waals surface area (Å²) < 4.78 is 5.17. The minimum Gasteiger partial charge on any atom is -0.459 e. The Morgan fingerprint density at radius 2 is 1.89 bits per heavy atom. The van der Waals surface area contributed by atoms with E-state index in [1.165, 1.54) is 5.56 Å². The Bertz CT molecular complexity index is 831. The lowest BCUT2D eigenvalue weighted by atomic mass is 10.0. The van der Waals surface area contributed by atoms with Crippen molar-refractivity contribution in [3.63, 3.8) is 0 Å². The van der Waals surface area contributed by atoms with Crippen molar-refractivity contribution in [2.45, 2.75) is 32.3 Å². The van der Waals surface area contributed by atoms with E-state index < -0.39 is 5.97 Å². The van der Waals surface area contributed by atoms with Gasteiger partial charge < -0.3 is 14.9 Å². The number of nitrogens with one attached hydrogen (secondary N) is 1. The fourth-order valence-electron chi connectivity index (χ4n) is 2.86. The Balaban J connectivity index is 1.31. The molecule has 0 aliphatic carbocycles. The van der Waals surface area contributed by atoms with Gasteiger partial charge in [0.1, 0.15) is 6.61 Å². The van der Waals surface area contributed by atoms with Crippen LogP contribution in [0.5, 0.6) is 0 Å². The van der Waals surface area contributed by atoms with E-state index in [4.69, 9.17) is 9.57 Å². The molecular weight excluding hydrogens is 356 g/mol. The van der Waals surface area contributed by atoms with Crippen LogP contribution in [-0.2, 0) is 25.6 Å². The van der Waals surface area contributed by atoms with E-state index in [0.717, 1.165) is 11.1 Å².